The Morgan fingerprint density at radius 2 is 1.67 bits per heavy atom. The second kappa shape index (κ2) is 10.8. The van der Waals surface area contributed by atoms with Crippen LogP contribution in [0.3, 0.4) is 0 Å². The highest BCUT2D eigenvalue weighted by Crippen LogP contribution is 2.18. The van der Waals surface area contributed by atoms with E-state index in [9.17, 15) is 18.0 Å². The molecule has 10 heteroatoms. The zero-order valence-corrected chi connectivity index (χ0v) is 19.9. The van der Waals surface area contributed by atoms with Gasteiger partial charge in [0.15, 0.2) is 0 Å². The minimum Gasteiger partial charge on any atom is -0.378 e. The number of nitrogens with zero attached hydrogens (tertiary/aromatic N) is 2. The summed E-state index contributed by atoms with van der Waals surface area (Å²) in [6.07, 6.45) is 0. The number of sulfonamides is 1. The lowest BCUT2D eigenvalue weighted by molar-refractivity contribution is -0.131. The molecule has 2 aromatic rings. The molecule has 1 aliphatic rings. The first kappa shape index (κ1) is 24.7. The zero-order chi connectivity index (χ0) is 24.0. The molecule has 1 fully saturated rings. The smallest absolute Gasteiger partial charge is 0.241 e. The largest absolute Gasteiger partial charge is 0.378 e. The summed E-state index contributed by atoms with van der Waals surface area (Å²) in [5.41, 5.74) is 2.55. The average Bonchev–Trinajstić information content (AvgIpc) is 2.79. The van der Waals surface area contributed by atoms with E-state index in [0.717, 1.165) is 24.3 Å². The normalized spacial score (nSPS) is 15.1. The number of carbonyl (C=O) groups excluding carboxylic acids is 2. The third kappa shape index (κ3) is 6.77. The molecule has 0 spiro atoms. The van der Waals surface area contributed by atoms with E-state index in [1.54, 1.807) is 7.05 Å². The maximum atomic E-state index is 12.8. The molecule has 0 aliphatic carbocycles. The number of carbonyl (C=O) groups is 2. The fourth-order valence-corrected chi connectivity index (χ4v) is 4.78. The van der Waals surface area contributed by atoms with Crippen molar-refractivity contribution in [3.05, 3.63) is 54.1 Å². The third-order valence-electron chi connectivity index (χ3n) is 5.30. The van der Waals surface area contributed by atoms with Gasteiger partial charge in [-0.3, -0.25) is 9.59 Å². The maximum Gasteiger partial charge on any atom is 0.241 e. The van der Waals surface area contributed by atoms with Crippen molar-refractivity contribution in [2.24, 2.45) is 0 Å². The number of hydrogen-bond donors (Lipinski definition) is 2. The minimum absolute atomic E-state index is 0.0117. The Labute approximate surface area is 194 Å². The van der Waals surface area contributed by atoms with Crippen LogP contribution < -0.4 is 14.9 Å². The standard InChI is InChI=1S/C23H30N4O5S/c1-17(25-33(30,31)22-10-6-20(7-11-22)24-18(2)28)23(29)26(3)16-19-4-8-21(9-5-19)27-12-14-32-15-13-27/h4-11,17,25H,12-16H2,1-3H3,(H,24,28). The molecule has 0 radical (unpaired) electrons. The zero-order valence-electron chi connectivity index (χ0n) is 19.1. The highest BCUT2D eigenvalue weighted by Gasteiger charge is 2.24. The van der Waals surface area contributed by atoms with Gasteiger partial charge in [-0.05, 0) is 48.9 Å². The molecule has 2 N–H and O–H groups in total. The molecule has 0 aromatic heterocycles. The van der Waals surface area contributed by atoms with Crippen LogP contribution in [0, 0.1) is 0 Å². The van der Waals surface area contributed by atoms with Gasteiger partial charge in [-0.2, -0.15) is 4.72 Å². The van der Waals surface area contributed by atoms with Crippen LogP contribution in [0.25, 0.3) is 0 Å². The summed E-state index contributed by atoms with van der Waals surface area (Å²) >= 11 is 0. The van der Waals surface area contributed by atoms with Gasteiger partial charge in [-0.25, -0.2) is 8.42 Å². The van der Waals surface area contributed by atoms with Crippen molar-refractivity contribution in [3.63, 3.8) is 0 Å². The van der Waals surface area contributed by atoms with E-state index in [-0.39, 0.29) is 16.7 Å². The molecular weight excluding hydrogens is 444 g/mol. The topological polar surface area (TPSA) is 108 Å². The number of morpholine rings is 1. The van der Waals surface area contributed by atoms with Crippen molar-refractivity contribution < 1.29 is 22.7 Å². The van der Waals surface area contributed by atoms with Crippen molar-refractivity contribution in [2.75, 3.05) is 43.6 Å². The molecule has 1 atom stereocenters. The molecule has 2 aromatic carbocycles. The Bertz CT molecular complexity index is 1070. The number of ether oxygens (including phenoxy) is 1. The first-order chi connectivity index (χ1) is 15.7. The summed E-state index contributed by atoms with van der Waals surface area (Å²) in [6, 6.07) is 12.8. The van der Waals surface area contributed by atoms with Crippen molar-refractivity contribution in [1.82, 2.24) is 9.62 Å². The van der Waals surface area contributed by atoms with Gasteiger partial charge in [-0.1, -0.05) is 12.1 Å². The van der Waals surface area contributed by atoms with Crippen molar-refractivity contribution >= 4 is 33.2 Å². The van der Waals surface area contributed by atoms with Gasteiger partial charge in [-0.15, -0.1) is 0 Å². The molecule has 1 unspecified atom stereocenters. The first-order valence-electron chi connectivity index (χ1n) is 10.7. The molecule has 178 valence electrons. The number of hydrogen-bond acceptors (Lipinski definition) is 6. The monoisotopic (exact) mass is 474 g/mol. The maximum absolute atomic E-state index is 12.8. The fraction of sp³-hybridized carbons (Fsp3) is 0.391. The van der Waals surface area contributed by atoms with E-state index < -0.39 is 16.1 Å². The van der Waals surface area contributed by atoms with Crippen LogP contribution in [-0.4, -0.2) is 64.5 Å². The third-order valence-corrected chi connectivity index (χ3v) is 6.85. The summed E-state index contributed by atoms with van der Waals surface area (Å²) in [5, 5.41) is 2.58. The second-order valence-corrected chi connectivity index (χ2v) is 9.72. The van der Waals surface area contributed by atoms with Gasteiger partial charge in [0.2, 0.25) is 21.8 Å². The molecule has 0 bridgehead atoms. The van der Waals surface area contributed by atoms with E-state index in [1.807, 2.05) is 24.3 Å². The van der Waals surface area contributed by atoms with Crippen LogP contribution in [-0.2, 0) is 30.9 Å². The lowest BCUT2D eigenvalue weighted by atomic mass is 10.1. The molecule has 1 aliphatic heterocycles. The number of nitrogens with one attached hydrogen (secondary N) is 2. The molecule has 2 amide bonds. The summed E-state index contributed by atoms with van der Waals surface area (Å²) in [5.74, 6) is -0.590. The number of anilines is 2. The Hall–Kier alpha value is -2.95. The number of benzene rings is 2. The summed E-state index contributed by atoms with van der Waals surface area (Å²) in [6.45, 7) is 6.38. The van der Waals surface area contributed by atoms with Crippen LogP contribution in [0.5, 0.6) is 0 Å². The van der Waals surface area contributed by atoms with Crippen LogP contribution in [0.1, 0.15) is 19.4 Å². The molecule has 1 saturated heterocycles. The summed E-state index contributed by atoms with van der Waals surface area (Å²) < 4.78 is 33.1. The summed E-state index contributed by atoms with van der Waals surface area (Å²) in [7, 11) is -2.26. The van der Waals surface area contributed by atoms with Crippen molar-refractivity contribution in [1.29, 1.82) is 0 Å². The van der Waals surface area contributed by atoms with Crippen molar-refractivity contribution in [2.45, 2.75) is 31.3 Å². The van der Waals surface area contributed by atoms with E-state index in [0.29, 0.717) is 25.4 Å². The first-order valence-corrected chi connectivity index (χ1v) is 12.2. The second-order valence-electron chi connectivity index (χ2n) is 8.01. The Balaban J connectivity index is 1.57. The van der Waals surface area contributed by atoms with Gasteiger partial charge in [0.05, 0.1) is 24.2 Å². The molecule has 3 rings (SSSR count). The number of rotatable bonds is 8. The minimum atomic E-state index is -3.90. The average molecular weight is 475 g/mol. The van der Waals surface area contributed by atoms with Crippen LogP contribution in [0.15, 0.2) is 53.4 Å². The van der Waals surface area contributed by atoms with E-state index in [2.05, 4.69) is 14.9 Å². The Morgan fingerprint density at radius 3 is 2.24 bits per heavy atom. The Kier molecular flexibility index (Phi) is 8.06. The van der Waals surface area contributed by atoms with Gasteiger partial charge in [0.25, 0.3) is 0 Å². The van der Waals surface area contributed by atoms with E-state index in [4.69, 9.17) is 4.74 Å². The quantitative estimate of drug-likeness (QED) is 0.604. The van der Waals surface area contributed by atoms with Crippen LogP contribution in [0.2, 0.25) is 0 Å². The predicted octanol–water partition coefficient (Wildman–Crippen LogP) is 1.81. The van der Waals surface area contributed by atoms with Gasteiger partial charge >= 0.3 is 0 Å². The number of likely N-dealkylation sites (N-methyl/N-ethyl adjacent to an activating group) is 1. The van der Waals surface area contributed by atoms with Gasteiger partial charge in [0, 0.05) is 45.0 Å². The van der Waals surface area contributed by atoms with Crippen LogP contribution in [0.4, 0.5) is 11.4 Å². The van der Waals surface area contributed by atoms with Gasteiger partial charge < -0.3 is 19.9 Å². The Morgan fingerprint density at radius 1 is 1.06 bits per heavy atom. The molecule has 33 heavy (non-hydrogen) atoms. The molecule has 1 heterocycles. The van der Waals surface area contributed by atoms with Crippen molar-refractivity contribution in [3.8, 4) is 0 Å². The molecule has 0 saturated carbocycles. The summed E-state index contributed by atoms with van der Waals surface area (Å²) in [4.78, 5) is 27.6. The predicted molar refractivity (Wildman–Crippen MR) is 126 cm³/mol. The molecule has 9 nitrogen and oxygen atoms in total. The highest BCUT2D eigenvalue weighted by atomic mass is 32.2. The van der Waals surface area contributed by atoms with E-state index in [1.165, 1.54) is 43.0 Å². The SMILES string of the molecule is CC(=O)Nc1ccc(S(=O)(=O)NC(C)C(=O)N(C)Cc2ccc(N3CCOCC3)cc2)cc1. The van der Waals surface area contributed by atoms with Gasteiger partial charge in [0.1, 0.15) is 0 Å². The highest BCUT2D eigenvalue weighted by molar-refractivity contribution is 7.89. The fourth-order valence-electron chi connectivity index (χ4n) is 3.59. The van der Waals surface area contributed by atoms with E-state index >= 15 is 0 Å². The van der Waals surface area contributed by atoms with Crippen LogP contribution >= 0.6 is 0 Å². The number of amides is 2. The molecular formula is C23H30N4O5S. The lowest BCUT2D eigenvalue weighted by Gasteiger charge is -2.29. The lowest BCUT2D eigenvalue weighted by Crippen LogP contribution is -2.45.